The first-order chi connectivity index (χ1) is 13.8. The summed E-state index contributed by atoms with van der Waals surface area (Å²) in [6, 6.07) is 3.29. The van der Waals surface area contributed by atoms with E-state index in [2.05, 4.69) is 25.9 Å². The van der Waals surface area contributed by atoms with E-state index >= 15 is 0 Å². The zero-order valence-electron chi connectivity index (χ0n) is 15.8. The Hall–Kier alpha value is -2.95. The van der Waals surface area contributed by atoms with Gasteiger partial charge in [0, 0.05) is 45.0 Å². The second kappa shape index (κ2) is 6.28. The van der Waals surface area contributed by atoms with E-state index in [1.165, 1.54) is 10.9 Å². The lowest BCUT2D eigenvalue weighted by Crippen LogP contribution is -2.76. The van der Waals surface area contributed by atoms with Crippen LogP contribution in [-0.2, 0) is 16.5 Å². The number of carbonyl (C=O) groups is 2. The van der Waals surface area contributed by atoms with Gasteiger partial charge >= 0.3 is 6.09 Å². The molecule has 10 nitrogen and oxygen atoms in total. The molecule has 154 valence electrons. The number of amides is 2. The molecule has 3 N–H and O–H groups in total. The predicted molar refractivity (Wildman–Crippen MR) is 96.9 cm³/mol. The van der Waals surface area contributed by atoms with Gasteiger partial charge in [-0.3, -0.25) is 14.6 Å². The number of alkyl carbamates (subject to hydrolysis) is 1. The smallest absolute Gasteiger partial charge is 0.407 e. The molecule has 2 amide bonds. The maximum Gasteiger partial charge on any atom is 0.407 e. The van der Waals surface area contributed by atoms with Gasteiger partial charge in [0.1, 0.15) is 23.6 Å². The Bertz CT molecular complexity index is 951. The number of rotatable bonds is 5. The molecule has 3 aliphatic carbocycles. The minimum Gasteiger partial charge on any atom is -0.444 e. The first kappa shape index (κ1) is 18.1. The summed E-state index contributed by atoms with van der Waals surface area (Å²) in [4.78, 5) is 24.3. The highest BCUT2D eigenvalue weighted by Crippen LogP contribution is 2.62. The number of nitrogens with zero attached hydrogens (tertiary/aromatic N) is 3. The molecule has 11 heteroatoms. The second-order valence-corrected chi connectivity index (χ2v) is 8.17. The third-order valence-electron chi connectivity index (χ3n) is 5.81. The van der Waals surface area contributed by atoms with E-state index in [0.717, 1.165) is 0 Å². The quantitative estimate of drug-likeness (QED) is 0.696. The Kier molecular flexibility index (Phi) is 3.92. The summed E-state index contributed by atoms with van der Waals surface area (Å²) < 4.78 is 26.1. The van der Waals surface area contributed by atoms with Gasteiger partial charge in [-0.25, -0.2) is 9.18 Å². The lowest BCUT2D eigenvalue weighted by Gasteiger charge is -2.65. The number of H-pyrrole nitrogens is 1. The van der Waals surface area contributed by atoms with Crippen LogP contribution in [0.25, 0.3) is 0 Å². The average Bonchev–Trinajstić information content (AvgIpc) is 3.33. The third kappa shape index (κ3) is 3.24. The first-order valence-corrected chi connectivity index (χ1v) is 9.47. The monoisotopic (exact) mass is 404 g/mol. The van der Waals surface area contributed by atoms with Crippen molar-refractivity contribution < 1.29 is 23.5 Å². The molecular weight excluding hydrogens is 383 g/mol. The van der Waals surface area contributed by atoms with Crippen molar-refractivity contribution in [2.45, 2.75) is 49.1 Å². The van der Waals surface area contributed by atoms with E-state index < -0.39 is 23.4 Å². The van der Waals surface area contributed by atoms with Gasteiger partial charge in [0.25, 0.3) is 5.91 Å². The summed E-state index contributed by atoms with van der Waals surface area (Å²) in [5, 5.41) is 16.4. The SMILES string of the molecule is Cn1nccc1C(=O)Nc1cc([C@@H]2C[C@H](OC(=O)NC34CC(F)(C3)C4)CO2)[nH]n1. The van der Waals surface area contributed by atoms with Gasteiger partial charge in [0.2, 0.25) is 0 Å². The Balaban J connectivity index is 1.12. The van der Waals surface area contributed by atoms with Crippen molar-refractivity contribution in [2.24, 2.45) is 7.05 Å². The minimum absolute atomic E-state index is 0.258. The number of aryl methyl sites for hydroxylation is 1. The maximum absolute atomic E-state index is 13.5. The molecule has 0 unspecified atom stereocenters. The highest BCUT2D eigenvalue weighted by atomic mass is 19.1. The number of nitrogens with one attached hydrogen (secondary N) is 3. The fraction of sp³-hybridized carbons (Fsp3) is 0.556. The summed E-state index contributed by atoms with van der Waals surface area (Å²) in [5.74, 6) is 0.0395. The number of hydrogen-bond acceptors (Lipinski definition) is 6. The van der Waals surface area contributed by atoms with Crippen LogP contribution in [0.3, 0.4) is 0 Å². The number of aromatic amines is 1. The molecular formula is C18H21FN6O4. The normalized spacial score (nSPS) is 32.2. The second-order valence-electron chi connectivity index (χ2n) is 8.17. The number of ether oxygens (including phenoxy) is 2. The summed E-state index contributed by atoms with van der Waals surface area (Å²) >= 11 is 0. The van der Waals surface area contributed by atoms with Gasteiger partial charge < -0.3 is 20.1 Å². The molecule has 2 aromatic rings. The van der Waals surface area contributed by atoms with Gasteiger partial charge in [-0.2, -0.15) is 10.2 Å². The molecule has 0 radical (unpaired) electrons. The van der Waals surface area contributed by atoms with E-state index in [-0.39, 0.29) is 18.6 Å². The summed E-state index contributed by atoms with van der Waals surface area (Å²) in [6.07, 6.45) is 1.87. The zero-order chi connectivity index (χ0) is 20.2. The number of halogens is 1. The van der Waals surface area contributed by atoms with E-state index in [9.17, 15) is 14.0 Å². The fourth-order valence-electron chi connectivity index (χ4n) is 4.43. The Morgan fingerprint density at radius 1 is 1.41 bits per heavy atom. The van der Waals surface area contributed by atoms with Crippen LogP contribution in [0.15, 0.2) is 18.3 Å². The van der Waals surface area contributed by atoms with Gasteiger partial charge in [0.05, 0.1) is 17.8 Å². The fourth-order valence-corrected chi connectivity index (χ4v) is 4.43. The summed E-state index contributed by atoms with van der Waals surface area (Å²) in [5.41, 5.74) is -0.391. The minimum atomic E-state index is -1.07. The van der Waals surface area contributed by atoms with Gasteiger partial charge in [-0.15, -0.1) is 0 Å². The van der Waals surface area contributed by atoms with Crippen molar-refractivity contribution in [3.05, 3.63) is 29.7 Å². The van der Waals surface area contributed by atoms with Crippen molar-refractivity contribution in [2.75, 3.05) is 11.9 Å². The van der Waals surface area contributed by atoms with E-state index in [4.69, 9.17) is 9.47 Å². The van der Waals surface area contributed by atoms with Crippen molar-refractivity contribution in [1.29, 1.82) is 0 Å². The van der Waals surface area contributed by atoms with Crippen molar-refractivity contribution >= 4 is 17.8 Å². The molecule has 2 atom stereocenters. The van der Waals surface area contributed by atoms with Crippen LogP contribution in [0.5, 0.6) is 0 Å². The Morgan fingerprint density at radius 2 is 2.21 bits per heavy atom. The van der Waals surface area contributed by atoms with Crippen LogP contribution >= 0.6 is 0 Å². The zero-order valence-corrected chi connectivity index (χ0v) is 15.8. The molecule has 1 saturated heterocycles. The molecule has 4 fully saturated rings. The molecule has 29 heavy (non-hydrogen) atoms. The summed E-state index contributed by atoms with van der Waals surface area (Å²) in [6.45, 7) is 0.258. The molecule has 6 rings (SSSR count). The number of alkyl halides is 1. The number of aromatic nitrogens is 4. The van der Waals surface area contributed by atoms with E-state index in [1.54, 1.807) is 19.2 Å². The lowest BCUT2D eigenvalue weighted by molar-refractivity contribution is -0.165. The van der Waals surface area contributed by atoms with Crippen LogP contribution in [0, 0.1) is 0 Å². The summed E-state index contributed by atoms with van der Waals surface area (Å²) in [7, 11) is 1.68. The highest BCUT2D eigenvalue weighted by Gasteiger charge is 2.70. The molecule has 3 heterocycles. The van der Waals surface area contributed by atoms with Crippen LogP contribution < -0.4 is 10.6 Å². The standard InChI is InChI=1S/C18H21FN6O4/c1-25-12(2-3-20-25)15(26)21-14-5-11(23-24-14)13-4-10(6-28-13)29-16(27)22-18-7-17(19,8-18)9-18/h2-3,5,10,13H,4,6-9H2,1H3,(H,22,27)(H2,21,23,24,26)/t10-,13-,17?,18?/m0/s1. The number of carbonyl (C=O) groups excluding carboxylic acids is 2. The van der Waals surface area contributed by atoms with Crippen molar-refractivity contribution in [3.63, 3.8) is 0 Å². The Labute approximate surface area is 165 Å². The number of anilines is 1. The first-order valence-electron chi connectivity index (χ1n) is 9.47. The molecule has 2 aromatic heterocycles. The predicted octanol–water partition coefficient (Wildman–Crippen LogP) is 1.60. The lowest BCUT2D eigenvalue weighted by atomic mass is 9.47. The topological polar surface area (TPSA) is 123 Å². The third-order valence-corrected chi connectivity index (χ3v) is 5.81. The largest absolute Gasteiger partial charge is 0.444 e. The average molecular weight is 404 g/mol. The molecule has 2 bridgehead atoms. The van der Waals surface area contributed by atoms with Gasteiger partial charge in [-0.05, 0) is 6.07 Å². The van der Waals surface area contributed by atoms with Gasteiger partial charge in [0.15, 0.2) is 5.82 Å². The van der Waals surface area contributed by atoms with Gasteiger partial charge in [-0.1, -0.05) is 0 Å². The molecule has 0 spiro atoms. The highest BCUT2D eigenvalue weighted by molar-refractivity contribution is 6.02. The van der Waals surface area contributed by atoms with Crippen LogP contribution in [0.4, 0.5) is 15.0 Å². The molecule has 0 aromatic carbocycles. The molecule has 3 saturated carbocycles. The van der Waals surface area contributed by atoms with E-state index in [1.807, 2.05) is 0 Å². The molecule has 4 aliphatic rings. The van der Waals surface area contributed by atoms with Crippen LogP contribution in [-0.4, -0.2) is 55.9 Å². The maximum atomic E-state index is 13.5. The van der Waals surface area contributed by atoms with E-state index in [0.29, 0.717) is 42.9 Å². The van der Waals surface area contributed by atoms with Crippen molar-refractivity contribution in [1.82, 2.24) is 25.3 Å². The molecule has 1 aliphatic heterocycles. The van der Waals surface area contributed by atoms with Crippen LogP contribution in [0.2, 0.25) is 0 Å². The number of hydrogen-bond donors (Lipinski definition) is 3. The van der Waals surface area contributed by atoms with Crippen LogP contribution in [0.1, 0.15) is 48.0 Å². The van der Waals surface area contributed by atoms with Crippen molar-refractivity contribution in [3.8, 4) is 0 Å². The Morgan fingerprint density at radius 3 is 2.90 bits per heavy atom.